The van der Waals surface area contributed by atoms with Crippen LogP contribution in [0.4, 0.5) is 17.6 Å². The van der Waals surface area contributed by atoms with Crippen LogP contribution in [0.2, 0.25) is 0 Å². The third-order valence-electron chi connectivity index (χ3n) is 7.29. The second kappa shape index (κ2) is 10.3. The quantitative estimate of drug-likeness (QED) is 0.245. The van der Waals surface area contributed by atoms with Crippen molar-refractivity contribution in [2.75, 3.05) is 0 Å². The fraction of sp³-hybridized carbons (Fsp3) is 0.448. The van der Waals surface area contributed by atoms with E-state index in [0.717, 1.165) is 23.4 Å². The molecule has 1 saturated carbocycles. The van der Waals surface area contributed by atoms with E-state index in [4.69, 9.17) is 0 Å². The van der Waals surface area contributed by atoms with Gasteiger partial charge in [0.2, 0.25) is 0 Å². The Balaban J connectivity index is 1.46. The van der Waals surface area contributed by atoms with Gasteiger partial charge < -0.3 is 0 Å². The van der Waals surface area contributed by atoms with Crippen molar-refractivity contribution >= 4 is 10.8 Å². The van der Waals surface area contributed by atoms with Crippen molar-refractivity contribution < 1.29 is 17.6 Å². The smallest absolute Gasteiger partial charge is 0.206 e. The zero-order valence-corrected chi connectivity index (χ0v) is 19.2. The van der Waals surface area contributed by atoms with Gasteiger partial charge in [-0.15, -0.1) is 0 Å². The molecule has 0 nitrogen and oxygen atoms in total. The molecule has 0 atom stereocenters. The second-order valence-electron chi connectivity index (χ2n) is 9.55. The van der Waals surface area contributed by atoms with E-state index in [1.54, 1.807) is 6.07 Å². The molecule has 1 fully saturated rings. The molecule has 0 bridgehead atoms. The van der Waals surface area contributed by atoms with E-state index in [-0.39, 0.29) is 5.82 Å². The van der Waals surface area contributed by atoms with Gasteiger partial charge >= 0.3 is 6.18 Å². The normalized spacial score (nSPS) is 19.2. The monoisotopic (exact) mass is 456 g/mol. The van der Waals surface area contributed by atoms with Crippen LogP contribution in [0.3, 0.4) is 0 Å². The van der Waals surface area contributed by atoms with Crippen LogP contribution in [0, 0.1) is 11.7 Å². The lowest BCUT2D eigenvalue weighted by atomic mass is 9.76. The molecule has 0 spiro atoms. The Hall–Kier alpha value is -2.36. The number of halogens is 4. The summed E-state index contributed by atoms with van der Waals surface area (Å²) in [5, 5.41) is 1.36. The van der Waals surface area contributed by atoms with E-state index in [0.29, 0.717) is 22.4 Å². The summed E-state index contributed by atoms with van der Waals surface area (Å²) >= 11 is 0. The first-order valence-corrected chi connectivity index (χ1v) is 12.3. The molecule has 176 valence electrons. The van der Waals surface area contributed by atoms with Gasteiger partial charge in [0.15, 0.2) is 0 Å². The minimum Gasteiger partial charge on any atom is -0.206 e. The van der Waals surface area contributed by atoms with E-state index >= 15 is 4.39 Å². The van der Waals surface area contributed by atoms with Crippen LogP contribution in [0.15, 0.2) is 54.6 Å². The molecule has 0 amide bonds. The predicted octanol–water partition coefficient (Wildman–Crippen LogP) is 9.91. The molecule has 1 aliphatic rings. The standard InChI is InChI=1S/C29H32F4/c1-2-3-4-5-6-20-7-9-21(10-8-20)23-13-17-27-24(19-23)14-18-26(28(27)30)22-11-15-25(16-12-22)29(31,32)33/h11-21H,2-10H2,1H3/t20-,21-. The molecule has 0 heterocycles. The van der Waals surface area contributed by atoms with E-state index < -0.39 is 11.7 Å². The van der Waals surface area contributed by atoms with Crippen molar-refractivity contribution in [2.24, 2.45) is 5.92 Å². The molecule has 0 saturated heterocycles. The van der Waals surface area contributed by atoms with E-state index in [2.05, 4.69) is 13.0 Å². The number of hydrogen-bond acceptors (Lipinski definition) is 0. The molecular weight excluding hydrogens is 424 g/mol. The highest BCUT2D eigenvalue weighted by atomic mass is 19.4. The minimum atomic E-state index is -4.40. The third kappa shape index (κ3) is 5.59. The first-order chi connectivity index (χ1) is 15.9. The number of rotatable bonds is 7. The Morgan fingerprint density at radius 3 is 2.21 bits per heavy atom. The summed E-state index contributed by atoms with van der Waals surface area (Å²) in [5.74, 6) is 0.996. The number of benzene rings is 3. The highest BCUT2D eigenvalue weighted by Gasteiger charge is 2.30. The van der Waals surface area contributed by atoms with Crippen LogP contribution in [0.5, 0.6) is 0 Å². The van der Waals surface area contributed by atoms with Crippen LogP contribution < -0.4 is 0 Å². The Morgan fingerprint density at radius 1 is 0.818 bits per heavy atom. The van der Waals surface area contributed by atoms with Gasteiger partial charge in [-0.25, -0.2) is 4.39 Å². The molecular formula is C29H32F4. The first kappa shape index (κ1) is 23.8. The second-order valence-corrected chi connectivity index (χ2v) is 9.55. The Labute approximate surface area is 194 Å². The van der Waals surface area contributed by atoms with Gasteiger partial charge in [0, 0.05) is 10.9 Å². The summed E-state index contributed by atoms with van der Waals surface area (Å²) in [5.41, 5.74) is 1.32. The fourth-order valence-corrected chi connectivity index (χ4v) is 5.27. The average Bonchev–Trinajstić information content (AvgIpc) is 2.82. The van der Waals surface area contributed by atoms with Gasteiger partial charge in [-0.05, 0) is 66.2 Å². The Kier molecular flexibility index (Phi) is 7.41. The Bertz CT molecular complexity index is 1060. The number of hydrogen-bond donors (Lipinski definition) is 0. The SMILES string of the molecule is CCCCCC[C@H]1CC[C@H](c2ccc3c(F)c(-c4ccc(C(F)(F)F)cc4)ccc3c2)CC1. The maximum absolute atomic E-state index is 15.3. The molecule has 0 radical (unpaired) electrons. The van der Waals surface area contributed by atoms with E-state index in [1.807, 2.05) is 18.2 Å². The van der Waals surface area contributed by atoms with Gasteiger partial charge in [-0.3, -0.25) is 0 Å². The molecule has 0 N–H and O–H groups in total. The summed E-state index contributed by atoms with van der Waals surface area (Å²) in [4.78, 5) is 0. The van der Waals surface area contributed by atoms with Crippen molar-refractivity contribution in [1.82, 2.24) is 0 Å². The Morgan fingerprint density at radius 2 is 1.55 bits per heavy atom. The minimum absolute atomic E-state index is 0.326. The molecule has 1 aliphatic carbocycles. The summed E-state index contributed by atoms with van der Waals surface area (Å²) < 4.78 is 53.8. The number of fused-ring (bicyclic) bond motifs is 1. The number of unbranched alkanes of at least 4 members (excludes halogenated alkanes) is 3. The van der Waals surface area contributed by atoms with Crippen molar-refractivity contribution in [2.45, 2.75) is 76.8 Å². The first-order valence-electron chi connectivity index (χ1n) is 12.3. The molecule has 4 rings (SSSR count). The maximum atomic E-state index is 15.3. The van der Waals surface area contributed by atoms with Crippen molar-refractivity contribution in [3.05, 3.63) is 71.5 Å². The molecule has 3 aromatic rings. The lowest BCUT2D eigenvalue weighted by Gasteiger charge is -2.29. The average molecular weight is 457 g/mol. The zero-order chi connectivity index (χ0) is 23.4. The predicted molar refractivity (Wildman–Crippen MR) is 128 cm³/mol. The van der Waals surface area contributed by atoms with Gasteiger partial charge in [0.25, 0.3) is 0 Å². The highest BCUT2D eigenvalue weighted by Crippen LogP contribution is 2.39. The van der Waals surface area contributed by atoms with Crippen LogP contribution in [-0.2, 0) is 6.18 Å². The van der Waals surface area contributed by atoms with Gasteiger partial charge in [-0.2, -0.15) is 13.2 Å². The van der Waals surface area contributed by atoms with E-state index in [1.165, 1.54) is 75.5 Å². The summed E-state index contributed by atoms with van der Waals surface area (Å²) in [6.45, 7) is 2.25. The van der Waals surface area contributed by atoms with Crippen LogP contribution >= 0.6 is 0 Å². The van der Waals surface area contributed by atoms with Gasteiger partial charge in [0.05, 0.1) is 5.56 Å². The summed E-state index contributed by atoms with van der Waals surface area (Å²) in [7, 11) is 0. The lowest BCUT2D eigenvalue weighted by molar-refractivity contribution is -0.137. The van der Waals surface area contributed by atoms with Crippen molar-refractivity contribution in [3.63, 3.8) is 0 Å². The van der Waals surface area contributed by atoms with Gasteiger partial charge in [-0.1, -0.05) is 81.5 Å². The third-order valence-corrected chi connectivity index (χ3v) is 7.29. The number of alkyl halides is 3. The fourth-order valence-electron chi connectivity index (χ4n) is 5.27. The lowest BCUT2D eigenvalue weighted by Crippen LogP contribution is -2.13. The van der Waals surface area contributed by atoms with Crippen LogP contribution in [0.1, 0.15) is 81.8 Å². The van der Waals surface area contributed by atoms with Crippen LogP contribution in [0.25, 0.3) is 21.9 Å². The maximum Gasteiger partial charge on any atom is 0.416 e. The summed E-state index contributed by atoms with van der Waals surface area (Å²) in [6, 6.07) is 14.2. The molecule has 0 unspecified atom stereocenters. The zero-order valence-electron chi connectivity index (χ0n) is 19.2. The molecule has 33 heavy (non-hydrogen) atoms. The molecule has 0 aromatic heterocycles. The molecule has 4 heteroatoms. The van der Waals surface area contributed by atoms with Crippen LogP contribution in [-0.4, -0.2) is 0 Å². The van der Waals surface area contributed by atoms with Crippen molar-refractivity contribution in [3.8, 4) is 11.1 Å². The highest BCUT2D eigenvalue weighted by molar-refractivity contribution is 5.89. The largest absolute Gasteiger partial charge is 0.416 e. The van der Waals surface area contributed by atoms with Crippen molar-refractivity contribution in [1.29, 1.82) is 0 Å². The topological polar surface area (TPSA) is 0 Å². The summed E-state index contributed by atoms with van der Waals surface area (Å²) in [6.07, 6.45) is 7.19. The molecule has 0 aliphatic heterocycles. The van der Waals surface area contributed by atoms with Gasteiger partial charge in [0.1, 0.15) is 5.82 Å². The molecule has 3 aromatic carbocycles. The van der Waals surface area contributed by atoms with E-state index in [9.17, 15) is 13.2 Å².